The normalized spacial score (nSPS) is 13.2. The van der Waals surface area contributed by atoms with Gasteiger partial charge in [0.2, 0.25) is 0 Å². The minimum atomic E-state index is -0.140. The zero-order chi connectivity index (χ0) is 20.5. The van der Waals surface area contributed by atoms with Crippen LogP contribution in [0.5, 0.6) is 0 Å². The first kappa shape index (κ1) is 21.3. The van der Waals surface area contributed by atoms with Gasteiger partial charge in [-0.25, -0.2) is 0 Å². The molecule has 3 nitrogen and oxygen atoms in total. The van der Waals surface area contributed by atoms with Crippen LogP contribution in [0.3, 0.4) is 0 Å². The molecule has 0 radical (unpaired) electrons. The monoisotopic (exact) mass is 391 g/mol. The number of carbonyl (C=O) groups excluding carboxylic acids is 2. The first-order chi connectivity index (χ1) is 14.2. The van der Waals surface area contributed by atoms with Crippen LogP contribution in [0.2, 0.25) is 0 Å². The fourth-order valence-electron chi connectivity index (χ4n) is 4.15. The molecule has 0 unspecified atom stereocenters. The van der Waals surface area contributed by atoms with Crippen LogP contribution >= 0.6 is 0 Å². The first-order valence-electron chi connectivity index (χ1n) is 11.3. The predicted octanol–water partition coefficient (Wildman–Crippen LogP) is 6.87. The van der Waals surface area contributed by atoms with Gasteiger partial charge in [0, 0.05) is 6.54 Å². The number of rotatable bonds is 12. The maximum Gasteiger partial charge on any atom is 0.262 e. The summed E-state index contributed by atoms with van der Waals surface area (Å²) in [4.78, 5) is 27.2. The Labute approximate surface area is 175 Å². The molecule has 3 heteroatoms. The fraction of sp³-hybridized carbons (Fsp3) is 0.462. The van der Waals surface area contributed by atoms with E-state index in [1.54, 1.807) is 6.07 Å². The lowest BCUT2D eigenvalue weighted by Crippen LogP contribution is -2.30. The Morgan fingerprint density at radius 3 is 1.86 bits per heavy atom. The lowest BCUT2D eigenvalue weighted by atomic mass is 9.97. The van der Waals surface area contributed by atoms with Gasteiger partial charge < -0.3 is 0 Å². The van der Waals surface area contributed by atoms with E-state index in [2.05, 4.69) is 6.92 Å². The molecule has 0 aromatic heterocycles. The molecule has 0 saturated heterocycles. The second kappa shape index (κ2) is 10.9. The highest BCUT2D eigenvalue weighted by Crippen LogP contribution is 2.32. The summed E-state index contributed by atoms with van der Waals surface area (Å²) in [5, 5.41) is 0. The van der Waals surface area contributed by atoms with Gasteiger partial charge in [0.05, 0.1) is 11.1 Å². The van der Waals surface area contributed by atoms with Gasteiger partial charge in [-0.1, -0.05) is 107 Å². The SMILES string of the molecule is CCCCCCCCCCCCN1C(=O)c2cccc(-c3ccccc3)c2C1=O. The van der Waals surface area contributed by atoms with Crippen LogP contribution < -0.4 is 0 Å². The van der Waals surface area contributed by atoms with Gasteiger partial charge in [-0.3, -0.25) is 14.5 Å². The number of amides is 2. The molecule has 1 aliphatic rings. The van der Waals surface area contributed by atoms with Crippen LogP contribution in [0.15, 0.2) is 48.5 Å². The highest BCUT2D eigenvalue weighted by atomic mass is 16.2. The van der Waals surface area contributed by atoms with E-state index >= 15 is 0 Å². The molecule has 2 aromatic carbocycles. The molecule has 1 aliphatic heterocycles. The van der Waals surface area contributed by atoms with Crippen molar-refractivity contribution in [3.8, 4) is 11.1 Å². The van der Waals surface area contributed by atoms with E-state index in [1.807, 2.05) is 42.5 Å². The van der Waals surface area contributed by atoms with E-state index < -0.39 is 0 Å². The predicted molar refractivity (Wildman–Crippen MR) is 119 cm³/mol. The molecule has 0 spiro atoms. The van der Waals surface area contributed by atoms with E-state index in [9.17, 15) is 9.59 Å². The number of carbonyl (C=O) groups is 2. The lowest BCUT2D eigenvalue weighted by Gasteiger charge is -2.13. The molecule has 0 aliphatic carbocycles. The maximum absolute atomic E-state index is 13.0. The highest BCUT2D eigenvalue weighted by Gasteiger charge is 2.36. The van der Waals surface area contributed by atoms with E-state index in [-0.39, 0.29) is 11.8 Å². The van der Waals surface area contributed by atoms with Crippen molar-refractivity contribution in [3.05, 3.63) is 59.7 Å². The molecular formula is C26H33NO2. The summed E-state index contributed by atoms with van der Waals surface area (Å²) in [5.74, 6) is -0.279. The molecule has 0 bridgehead atoms. The van der Waals surface area contributed by atoms with Gasteiger partial charge in [0.1, 0.15) is 0 Å². The van der Waals surface area contributed by atoms with Crippen LogP contribution in [0, 0.1) is 0 Å². The topological polar surface area (TPSA) is 37.4 Å². The van der Waals surface area contributed by atoms with Gasteiger partial charge >= 0.3 is 0 Å². The molecule has 2 aromatic rings. The third kappa shape index (κ3) is 5.35. The zero-order valence-corrected chi connectivity index (χ0v) is 17.7. The number of hydrogen-bond donors (Lipinski definition) is 0. The van der Waals surface area contributed by atoms with Crippen LogP contribution in [0.4, 0.5) is 0 Å². The lowest BCUT2D eigenvalue weighted by molar-refractivity contribution is 0.0651. The number of nitrogens with zero attached hydrogens (tertiary/aromatic N) is 1. The Hall–Kier alpha value is -2.42. The first-order valence-corrected chi connectivity index (χ1v) is 11.3. The van der Waals surface area contributed by atoms with Gasteiger partial charge in [-0.2, -0.15) is 0 Å². The standard InChI is InChI=1S/C26H33NO2/c1-2-3-4-5-6-7-8-9-10-14-20-27-25(28)23-19-15-18-22(24(23)26(27)29)21-16-12-11-13-17-21/h11-13,15-19H,2-10,14,20H2,1H3. The van der Waals surface area contributed by atoms with Crippen molar-refractivity contribution in [2.24, 2.45) is 0 Å². The summed E-state index contributed by atoms with van der Waals surface area (Å²) < 4.78 is 0. The van der Waals surface area contributed by atoms with Crippen LogP contribution in [0.25, 0.3) is 11.1 Å². The molecule has 0 saturated carbocycles. The van der Waals surface area contributed by atoms with Crippen molar-refractivity contribution >= 4 is 11.8 Å². The smallest absolute Gasteiger partial charge is 0.262 e. The van der Waals surface area contributed by atoms with Crippen LogP contribution in [-0.2, 0) is 0 Å². The van der Waals surface area contributed by atoms with Crippen molar-refractivity contribution in [1.29, 1.82) is 0 Å². The fourth-order valence-corrected chi connectivity index (χ4v) is 4.15. The summed E-state index contributed by atoms with van der Waals surface area (Å²) >= 11 is 0. The number of imide groups is 1. The molecule has 3 rings (SSSR count). The number of benzene rings is 2. The summed E-state index contributed by atoms with van der Waals surface area (Å²) in [6.45, 7) is 2.77. The minimum absolute atomic E-state index is 0.139. The van der Waals surface area contributed by atoms with Crippen LogP contribution in [0.1, 0.15) is 91.8 Å². The number of unbranched alkanes of at least 4 members (excludes halogenated alkanes) is 9. The summed E-state index contributed by atoms with van der Waals surface area (Å²) in [5.41, 5.74) is 2.94. The zero-order valence-electron chi connectivity index (χ0n) is 17.7. The minimum Gasteiger partial charge on any atom is -0.274 e. The molecule has 1 heterocycles. The third-order valence-corrected chi connectivity index (χ3v) is 5.82. The van der Waals surface area contributed by atoms with E-state index in [0.29, 0.717) is 17.7 Å². The van der Waals surface area contributed by atoms with Crippen molar-refractivity contribution in [2.45, 2.75) is 71.1 Å². The Morgan fingerprint density at radius 2 is 1.21 bits per heavy atom. The molecule has 29 heavy (non-hydrogen) atoms. The molecule has 2 amide bonds. The van der Waals surface area contributed by atoms with Gasteiger partial charge in [-0.15, -0.1) is 0 Å². The second-order valence-electron chi connectivity index (χ2n) is 8.04. The summed E-state index contributed by atoms with van der Waals surface area (Å²) in [6, 6.07) is 15.4. The summed E-state index contributed by atoms with van der Waals surface area (Å²) in [6.07, 6.45) is 12.4. The Morgan fingerprint density at radius 1 is 0.621 bits per heavy atom. The molecule has 0 fully saturated rings. The van der Waals surface area contributed by atoms with Gasteiger partial charge in [0.25, 0.3) is 11.8 Å². The van der Waals surface area contributed by atoms with Crippen molar-refractivity contribution < 1.29 is 9.59 Å². The average Bonchev–Trinajstić information content (AvgIpc) is 3.00. The van der Waals surface area contributed by atoms with Crippen molar-refractivity contribution in [2.75, 3.05) is 6.54 Å². The van der Waals surface area contributed by atoms with E-state index in [0.717, 1.165) is 24.0 Å². The van der Waals surface area contributed by atoms with Crippen molar-refractivity contribution in [3.63, 3.8) is 0 Å². The van der Waals surface area contributed by atoms with E-state index in [1.165, 1.54) is 56.3 Å². The van der Waals surface area contributed by atoms with Crippen LogP contribution in [-0.4, -0.2) is 23.3 Å². The Kier molecular flexibility index (Phi) is 8.03. The molecule has 154 valence electrons. The molecule has 0 atom stereocenters. The average molecular weight is 392 g/mol. The summed E-state index contributed by atoms with van der Waals surface area (Å²) in [7, 11) is 0. The number of fused-ring (bicyclic) bond motifs is 1. The largest absolute Gasteiger partial charge is 0.274 e. The highest BCUT2D eigenvalue weighted by molar-refractivity contribution is 6.24. The Balaban J connectivity index is 1.49. The Bertz CT molecular complexity index is 813. The quantitative estimate of drug-likeness (QED) is 0.292. The second-order valence-corrected chi connectivity index (χ2v) is 8.04. The molecular weight excluding hydrogens is 358 g/mol. The van der Waals surface area contributed by atoms with Crippen molar-refractivity contribution in [1.82, 2.24) is 4.90 Å². The third-order valence-electron chi connectivity index (χ3n) is 5.82. The maximum atomic E-state index is 13.0. The number of hydrogen-bond acceptors (Lipinski definition) is 2. The van der Waals surface area contributed by atoms with E-state index in [4.69, 9.17) is 0 Å². The van der Waals surface area contributed by atoms with Gasteiger partial charge in [-0.05, 0) is 23.6 Å². The molecule has 0 N–H and O–H groups in total. The van der Waals surface area contributed by atoms with Gasteiger partial charge in [0.15, 0.2) is 0 Å².